The zero-order valence-electron chi connectivity index (χ0n) is 13.1. The van der Waals surface area contributed by atoms with Crippen molar-refractivity contribution in [2.24, 2.45) is 5.92 Å². The summed E-state index contributed by atoms with van der Waals surface area (Å²) in [5.74, 6) is 0.689. The zero-order chi connectivity index (χ0) is 15.8. The minimum Gasteiger partial charge on any atom is -0.491 e. The zero-order valence-corrected chi connectivity index (χ0v) is 13.1. The van der Waals surface area contributed by atoms with E-state index in [4.69, 9.17) is 9.47 Å². The minimum atomic E-state index is -0.564. The minimum absolute atomic E-state index is 0.162. The van der Waals surface area contributed by atoms with Crippen molar-refractivity contribution in [3.05, 3.63) is 24.3 Å². The van der Waals surface area contributed by atoms with Crippen LogP contribution in [0.4, 0.5) is 0 Å². The van der Waals surface area contributed by atoms with Crippen molar-refractivity contribution in [1.29, 1.82) is 0 Å². The van der Waals surface area contributed by atoms with Crippen molar-refractivity contribution in [3.8, 4) is 11.5 Å². The van der Waals surface area contributed by atoms with Gasteiger partial charge in [0.15, 0.2) is 0 Å². The number of carbonyl (C=O) groups excluding carboxylic acids is 1. The summed E-state index contributed by atoms with van der Waals surface area (Å²) in [6.07, 6.45) is -0.564. The molecule has 0 aromatic heterocycles. The van der Waals surface area contributed by atoms with Gasteiger partial charge in [-0.2, -0.15) is 0 Å². The molecule has 0 heterocycles. The molecule has 0 aliphatic carbocycles. The highest BCUT2D eigenvalue weighted by atomic mass is 16.5. The molecule has 0 bridgehead atoms. The number of hydrogen-bond acceptors (Lipinski definition) is 5. The van der Waals surface area contributed by atoms with Crippen molar-refractivity contribution in [3.63, 3.8) is 0 Å². The van der Waals surface area contributed by atoms with Crippen LogP contribution in [0.5, 0.6) is 11.5 Å². The molecular formula is C16H25NO4. The summed E-state index contributed by atoms with van der Waals surface area (Å²) in [5, 5.41) is 12.9. The van der Waals surface area contributed by atoms with Gasteiger partial charge >= 0.3 is 5.97 Å². The molecule has 1 rings (SSSR count). The number of esters is 1. The normalized spacial score (nSPS) is 12.5. The first-order valence-electron chi connectivity index (χ1n) is 7.24. The van der Waals surface area contributed by atoms with Gasteiger partial charge in [-0.25, -0.2) is 0 Å². The molecular weight excluding hydrogens is 270 g/mol. The van der Waals surface area contributed by atoms with Crippen molar-refractivity contribution in [1.82, 2.24) is 5.32 Å². The van der Waals surface area contributed by atoms with Gasteiger partial charge in [0, 0.05) is 12.6 Å². The molecule has 118 valence electrons. The van der Waals surface area contributed by atoms with Gasteiger partial charge in [-0.1, -0.05) is 27.7 Å². The third kappa shape index (κ3) is 7.11. The quantitative estimate of drug-likeness (QED) is 0.567. The SMILES string of the molecule is CC(C)NCC(O)COc1ccc(OC(=O)C(C)C)cc1. The fourth-order valence-corrected chi connectivity index (χ4v) is 1.46. The molecule has 1 atom stereocenters. The number of nitrogens with one attached hydrogen (secondary N) is 1. The van der Waals surface area contributed by atoms with E-state index in [0.29, 0.717) is 24.1 Å². The molecule has 21 heavy (non-hydrogen) atoms. The lowest BCUT2D eigenvalue weighted by Crippen LogP contribution is -2.35. The number of rotatable bonds is 8. The Morgan fingerprint density at radius 1 is 1.14 bits per heavy atom. The van der Waals surface area contributed by atoms with Crippen molar-refractivity contribution in [2.45, 2.75) is 39.8 Å². The van der Waals surface area contributed by atoms with Crippen LogP contribution < -0.4 is 14.8 Å². The second-order valence-electron chi connectivity index (χ2n) is 5.57. The van der Waals surface area contributed by atoms with Gasteiger partial charge in [0.05, 0.1) is 5.92 Å². The molecule has 1 unspecified atom stereocenters. The number of benzene rings is 1. The molecule has 0 amide bonds. The van der Waals surface area contributed by atoms with Crippen LogP contribution in [0.15, 0.2) is 24.3 Å². The lowest BCUT2D eigenvalue weighted by molar-refractivity contribution is -0.137. The van der Waals surface area contributed by atoms with E-state index < -0.39 is 6.10 Å². The highest BCUT2D eigenvalue weighted by molar-refractivity contribution is 5.74. The van der Waals surface area contributed by atoms with Crippen molar-refractivity contribution >= 4 is 5.97 Å². The third-order valence-corrected chi connectivity index (χ3v) is 2.72. The second-order valence-corrected chi connectivity index (χ2v) is 5.57. The number of ether oxygens (including phenoxy) is 2. The summed E-state index contributed by atoms with van der Waals surface area (Å²) in [7, 11) is 0. The largest absolute Gasteiger partial charge is 0.491 e. The smallest absolute Gasteiger partial charge is 0.313 e. The molecule has 0 aliphatic rings. The van der Waals surface area contributed by atoms with Gasteiger partial charge in [-0.05, 0) is 24.3 Å². The Morgan fingerprint density at radius 2 is 1.71 bits per heavy atom. The summed E-state index contributed by atoms with van der Waals surface area (Å²) in [5.41, 5.74) is 0. The highest BCUT2D eigenvalue weighted by Crippen LogP contribution is 2.18. The van der Waals surface area contributed by atoms with E-state index in [1.807, 2.05) is 13.8 Å². The van der Waals surface area contributed by atoms with Crippen LogP contribution in [0.25, 0.3) is 0 Å². The molecule has 5 nitrogen and oxygen atoms in total. The van der Waals surface area contributed by atoms with E-state index in [9.17, 15) is 9.90 Å². The molecule has 0 aliphatic heterocycles. The maximum atomic E-state index is 11.4. The molecule has 0 radical (unpaired) electrons. The van der Waals surface area contributed by atoms with Crippen LogP contribution >= 0.6 is 0 Å². The standard InChI is InChI=1S/C16H25NO4/c1-11(2)16(19)21-15-7-5-14(6-8-15)20-10-13(18)9-17-12(3)4/h5-8,11-13,17-18H,9-10H2,1-4H3. The van der Waals surface area contributed by atoms with E-state index in [1.54, 1.807) is 38.1 Å². The van der Waals surface area contributed by atoms with Crippen LogP contribution in [0.2, 0.25) is 0 Å². The van der Waals surface area contributed by atoms with E-state index in [2.05, 4.69) is 5.32 Å². The number of aliphatic hydroxyl groups is 1. The Bertz CT molecular complexity index is 428. The highest BCUT2D eigenvalue weighted by Gasteiger charge is 2.10. The van der Waals surface area contributed by atoms with Crippen LogP contribution in [-0.4, -0.2) is 36.4 Å². The predicted octanol–water partition coefficient (Wildman–Crippen LogP) is 1.99. The number of aliphatic hydroxyl groups excluding tert-OH is 1. The monoisotopic (exact) mass is 295 g/mol. The molecule has 0 spiro atoms. The van der Waals surface area contributed by atoms with Gasteiger partial charge in [0.25, 0.3) is 0 Å². The first-order valence-corrected chi connectivity index (χ1v) is 7.24. The lowest BCUT2D eigenvalue weighted by atomic mass is 10.2. The predicted molar refractivity (Wildman–Crippen MR) is 81.6 cm³/mol. The molecule has 0 saturated heterocycles. The van der Waals surface area contributed by atoms with E-state index in [-0.39, 0.29) is 18.5 Å². The Hall–Kier alpha value is -1.59. The second kappa shape index (κ2) is 8.64. The maximum Gasteiger partial charge on any atom is 0.313 e. The van der Waals surface area contributed by atoms with Crippen molar-refractivity contribution in [2.75, 3.05) is 13.2 Å². The lowest BCUT2D eigenvalue weighted by Gasteiger charge is -2.15. The number of hydrogen-bond donors (Lipinski definition) is 2. The average molecular weight is 295 g/mol. The van der Waals surface area contributed by atoms with Gasteiger partial charge in [0.2, 0.25) is 0 Å². The molecule has 1 aromatic carbocycles. The van der Waals surface area contributed by atoms with Crippen LogP contribution in [0.1, 0.15) is 27.7 Å². The number of carbonyl (C=O) groups is 1. The van der Waals surface area contributed by atoms with Crippen molar-refractivity contribution < 1.29 is 19.4 Å². The summed E-state index contributed by atoms with van der Waals surface area (Å²) in [6, 6.07) is 7.11. The van der Waals surface area contributed by atoms with Crippen LogP contribution in [-0.2, 0) is 4.79 Å². The van der Waals surface area contributed by atoms with Crippen LogP contribution in [0, 0.1) is 5.92 Å². The van der Waals surface area contributed by atoms with Gasteiger partial charge < -0.3 is 19.9 Å². The van der Waals surface area contributed by atoms with Crippen LogP contribution in [0.3, 0.4) is 0 Å². The summed E-state index contributed by atoms with van der Waals surface area (Å²) in [6.45, 7) is 8.31. The first kappa shape index (κ1) is 17.5. The average Bonchev–Trinajstić information content (AvgIpc) is 2.44. The molecule has 5 heteroatoms. The molecule has 2 N–H and O–H groups in total. The summed E-state index contributed by atoms with van der Waals surface area (Å²) in [4.78, 5) is 11.4. The third-order valence-electron chi connectivity index (χ3n) is 2.72. The Balaban J connectivity index is 2.39. The fourth-order valence-electron chi connectivity index (χ4n) is 1.46. The van der Waals surface area contributed by atoms with E-state index >= 15 is 0 Å². The summed E-state index contributed by atoms with van der Waals surface area (Å²) >= 11 is 0. The molecule has 1 aromatic rings. The van der Waals surface area contributed by atoms with Gasteiger partial charge in [0.1, 0.15) is 24.2 Å². The van der Waals surface area contributed by atoms with Gasteiger partial charge in [-0.3, -0.25) is 4.79 Å². The Morgan fingerprint density at radius 3 is 2.24 bits per heavy atom. The van der Waals surface area contributed by atoms with E-state index in [0.717, 1.165) is 0 Å². The summed E-state index contributed by atoms with van der Waals surface area (Å²) < 4.78 is 10.6. The Labute approximate surface area is 126 Å². The first-order chi connectivity index (χ1) is 9.88. The molecule has 0 saturated carbocycles. The Kier molecular flexibility index (Phi) is 7.19. The maximum absolute atomic E-state index is 11.4. The van der Waals surface area contributed by atoms with Gasteiger partial charge in [-0.15, -0.1) is 0 Å². The van der Waals surface area contributed by atoms with E-state index in [1.165, 1.54) is 0 Å². The topological polar surface area (TPSA) is 67.8 Å². The molecule has 0 fully saturated rings. The fraction of sp³-hybridized carbons (Fsp3) is 0.562.